The van der Waals surface area contributed by atoms with Crippen LogP contribution in [0.15, 0.2) is 115 Å². The maximum atomic E-state index is 3.72. The van der Waals surface area contributed by atoms with Crippen LogP contribution in [0.4, 0.5) is 0 Å². The van der Waals surface area contributed by atoms with E-state index in [0.29, 0.717) is 5.54 Å². The van der Waals surface area contributed by atoms with Crippen molar-refractivity contribution < 1.29 is 26.2 Å². The van der Waals surface area contributed by atoms with Gasteiger partial charge in [0.15, 0.2) is 0 Å². The van der Waals surface area contributed by atoms with Gasteiger partial charge in [-0.1, -0.05) is 61.6 Å². The van der Waals surface area contributed by atoms with Gasteiger partial charge >= 0.3 is 26.2 Å². The predicted octanol–water partition coefficient (Wildman–Crippen LogP) is 9.08. The van der Waals surface area contributed by atoms with E-state index in [1.165, 1.54) is 11.1 Å². The van der Waals surface area contributed by atoms with Gasteiger partial charge < -0.3 is 0 Å². The normalized spacial score (nSPS) is 12.7. The Bertz CT molecular complexity index is 1010. The summed E-state index contributed by atoms with van der Waals surface area (Å²) in [5.74, 6) is 0. The number of allylic oxidation sites excluding steroid dienone is 1. The molecule has 1 atom stereocenters. The molecule has 0 spiro atoms. The van der Waals surface area contributed by atoms with Gasteiger partial charge in [0.05, 0.1) is 0 Å². The van der Waals surface area contributed by atoms with Crippen LogP contribution in [0, 0.1) is 26.8 Å². The van der Waals surface area contributed by atoms with Crippen LogP contribution in [0.3, 0.4) is 0 Å². The second kappa shape index (κ2) is 16.1. The molecule has 0 radical (unpaired) electrons. The molecule has 0 bridgehead atoms. The number of benzene rings is 4. The third-order valence-corrected chi connectivity index (χ3v) is 7.32. The Morgan fingerprint density at radius 3 is 1.20 bits per heavy atom. The fourth-order valence-corrected chi connectivity index (χ4v) is 5.10. The molecule has 0 nitrogen and oxygen atoms in total. The van der Waals surface area contributed by atoms with Crippen LogP contribution in [0.5, 0.6) is 0 Å². The molecule has 0 amide bonds. The zero-order chi connectivity index (χ0) is 24.8. The monoisotopic (exact) mass is 550 g/mol. The van der Waals surface area contributed by atoms with E-state index in [0.717, 1.165) is 16.7 Å². The molecule has 0 saturated heterocycles. The van der Waals surface area contributed by atoms with Crippen molar-refractivity contribution in [2.24, 2.45) is 0 Å². The summed E-state index contributed by atoms with van der Waals surface area (Å²) in [5, 5.41) is 0. The summed E-state index contributed by atoms with van der Waals surface area (Å²) in [6.45, 7) is 18.4. The molecule has 0 fully saturated rings. The minimum absolute atomic E-state index is 0. The van der Waals surface area contributed by atoms with Gasteiger partial charge in [-0.3, -0.25) is 6.08 Å². The van der Waals surface area contributed by atoms with Crippen LogP contribution in [0.25, 0.3) is 6.08 Å². The van der Waals surface area contributed by atoms with Crippen LogP contribution in [-0.4, -0.2) is 8.07 Å². The number of hydrogen-bond donors (Lipinski definition) is 0. The molecule has 4 aromatic rings. The molecule has 1 aliphatic rings. The molecular weight excluding hydrogens is 516 g/mol. The Morgan fingerprint density at radius 1 is 0.543 bits per heavy atom. The molecule has 176 valence electrons. The first kappa shape index (κ1) is 30.4. The molecule has 0 aromatic heterocycles. The summed E-state index contributed by atoms with van der Waals surface area (Å²) in [5.41, 5.74) is 6.67. The van der Waals surface area contributed by atoms with Gasteiger partial charge in [0.25, 0.3) is 0 Å². The van der Waals surface area contributed by atoms with Gasteiger partial charge in [-0.05, 0) is 0 Å². The van der Waals surface area contributed by atoms with E-state index >= 15 is 0 Å². The Balaban J connectivity index is 0.000000243. The number of hydrogen-bond acceptors (Lipinski definition) is 0. The van der Waals surface area contributed by atoms with Crippen molar-refractivity contribution in [2.75, 3.05) is 0 Å². The topological polar surface area (TPSA) is 0 Å². The van der Waals surface area contributed by atoms with Crippen molar-refractivity contribution >= 4 is 14.1 Å². The summed E-state index contributed by atoms with van der Waals surface area (Å²) >= 11 is 0. The Hall–Kier alpha value is -2.67. The Kier molecular flexibility index (Phi) is 14.0. The molecule has 0 N–H and O–H groups in total. The third kappa shape index (κ3) is 12.0. The van der Waals surface area contributed by atoms with Gasteiger partial charge in [0, 0.05) is 8.07 Å². The van der Waals surface area contributed by atoms with E-state index < -0.39 is 8.07 Å². The molecule has 5 rings (SSSR count). The Morgan fingerprint density at radius 2 is 0.886 bits per heavy atom. The second-order valence-electron chi connectivity index (χ2n) is 9.20. The summed E-state index contributed by atoms with van der Waals surface area (Å²) in [6.07, 6.45) is 5.65. The van der Waals surface area contributed by atoms with E-state index in [2.05, 4.69) is 76.8 Å². The molecule has 1 aliphatic carbocycles. The van der Waals surface area contributed by atoms with Crippen LogP contribution in [0.1, 0.15) is 33.4 Å². The van der Waals surface area contributed by atoms with Crippen molar-refractivity contribution in [1.82, 2.24) is 0 Å². The Labute approximate surface area is 234 Å². The predicted molar refractivity (Wildman–Crippen MR) is 153 cm³/mol. The zero-order valence-corrected chi connectivity index (χ0v) is 24.7. The average molecular weight is 552 g/mol. The molecule has 35 heavy (non-hydrogen) atoms. The van der Waals surface area contributed by atoms with Crippen molar-refractivity contribution in [1.29, 1.82) is 0 Å². The van der Waals surface area contributed by atoms with Crippen molar-refractivity contribution in [3.8, 4) is 0 Å². The first-order valence-corrected chi connectivity index (χ1v) is 15.1. The molecular formula is C33H36SiZr. The SMILES string of the molecule is C[Si](C)(C)C1[C-]=Cc2ccccc21.[CH2-]c1ccccc1.[CH2-]c1ccccc1.[CH2-]c1ccccc1.[Zr+4]. The van der Waals surface area contributed by atoms with Gasteiger partial charge in [-0.2, -0.15) is 79.4 Å². The standard InChI is InChI=1S/C12H15Si.3C7H7.Zr/c1-13(2,3)12-9-8-10-6-4-5-7-11(10)12;3*1-7-5-3-2-4-6-7;/h4-8,12H,1-3H3;3*2-6H,1H2;/q4*-1;+4. The van der Waals surface area contributed by atoms with Crippen LogP contribution < -0.4 is 0 Å². The van der Waals surface area contributed by atoms with Gasteiger partial charge in [-0.15, -0.1) is 48.0 Å². The first-order chi connectivity index (χ1) is 16.3. The minimum Gasteiger partial charge on any atom is -0.271 e. The van der Waals surface area contributed by atoms with E-state index in [1.807, 2.05) is 91.0 Å². The summed E-state index contributed by atoms with van der Waals surface area (Å²) in [4.78, 5) is 0. The van der Waals surface area contributed by atoms with E-state index in [-0.39, 0.29) is 26.2 Å². The van der Waals surface area contributed by atoms with E-state index in [4.69, 9.17) is 0 Å². The fourth-order valence-electron chi connectivity index (χ4n) is 3.32. The van der Waals surface area contributed by atoms with Gasteiger partial charge in [0.1, 0.15) is 0 Å². The van der Waals surface area contributed by atoms with Crippen LogP contribution in [0.2, 0.25) is 19.6 Å². The van der Waals surface area contributed by atoms with Crippen LogP contribution in [-0.2, 0) is 26.2 Å². The minimum atomic E-state index is -1.12. The second-order valence-corrected chi connectivity index (χ2v) is 14.5. The molecule has 0 saturated carbocycles. The summed E-state index contributed by atoms with van der Waals surface area (Å²) in [6, 6.07) is 38.3. The third-order valence-electron chi connectivity index (χ3n) is 5.11. The van der Waals surface area contributed by atoms with Crippen molar-refractivity contribution in [2.45, 2.75) is 25.2 Å². The smallest absolute Gasteiger partial charge is 0.271 e. The maximum absolute atomic E-state index is 3.72. The first-order valence-electron chi connectivity index (χ1n) is 11.6. The molecule has 2 heteroatoms. The average Bonchev–Trinajstić information content (AvgIpc) is 3.27. The van der Waals surface area contributed by atoms with Gasteiger partial charge in [-0.25, -0.2) is 6.08 Å². The van der Waals surface area contributed by atoms with Crippen LogP contribution >= 0.6 is 0 Å². The number of rotatable bonds is 1. The van der Waals surface area contributed by atoms with E-state index in [9.17, 15) is 0 Å². The maximum Gasteiger partial charge on any atom is 4.00 e. The summed E-state index contributed by atoms with van der Waals surface area (Å²) in [7, 11) is -1.12. The number of fused-ring (bicyclic) bond motifs is 1. The molecule has 0 aliphatic heterocycles. The molecule has 4 aromatic carbocycles. The van der Waals surface area contributed by atoms with E-state index in [1.54, 1.807) is 0 Å². The largest absolute Gasteiger partial charge is 4.00 e. The molecule has 0 heterocycles. The summed E-state index contributed by atoms with van der Waals surface area (Å²) < 4.78 is 0. The molecule has 1 unspecified atom stereocenters. The van der Waals surface area contributed by atoms with Crippen molar-refractivity contribution in [3.05, 3.63) is 170 Å². The van der Waals surface area contributed by atoms with Crippen molar-refractivity contribution in [3.63, 3.8) is 0 Å². The van der Waals surface area contributed by atoms with Gasteiger partial charge in [0.2, 0.25) is 0 Å². The fraction of sp³-hybridized carbons (Fsp3) is 0.121. The zero-order valence-electron chi connectivity index (χ0n) is 21.2. The quantitative estimate of drug-likeness (QED) is 0.163.